The Morgan fingerprint density at radius 2 is 2.14 bits per heavy atom. The van der Waals surface area contributed by atoms with Crippen LogP contribution in [0.25, 0.3) is 0 Å². The number of nitriles is 1. The first-order chi connectivity index (χ1) is 13.9. The van der Waals surface area contributed by atoms with Crippen LogP contribution >= 0.6 is 0 Å². The molecule has 0 aliphatic heterocycles. The number of hydrogen-bond acceptors (Lipinski definition) is 6. The molecule has 1 fully saturated rings. The van der Waals surface area contributed by atoms with Crippen molar-refractivity contribution in [3.63, 3.8) is 0 Å². The smallest absolute Gasteiger partial charge is 0.404 e. The number of nitrogens with zero attached hydrogens (tertiary/aromatic N) is 3. The first-order valence-electron chi connectivity index (χ1n) is 9.49. The van der Waals surface area contributed by atoms with Gasteiger partial charge >= 0.3 is 6.09 Å². The van der Waals surface area contributed by atoms with E-state index in [1.807, 2.05) is 25.3 Å². The molecule has 4 N–H and O–H groups in total. The number of aromatic nitrogens is 2. The highest BCUT2D eigenvalue weighted by Gasteiger charge is 2.24. The average molecular weight is 398 g/mol. The molecule has 9 heteroatoms. The molecular formula is C20H23FN6O2. The largest absolute Gasteiger partial charge is 0.465 e. The molecule has 29 heavy (non-hydrogen) atoms. The third kappa shape index (κ3) is 5.10. The predicted molar refractivity (Wildman–Crippen MR) is 107 cm³/mol. The molecule has 0 spiro atoms. The summed E-state index contributed by atoms with van der Waals surface area (Å²) >= 11 is 0. The zero-order valence-corrected chi connectivity index (χ0v) is 16.2. The molecule has 0 unspecified atom stereocenters. The first kappa shape index (κ1) is 20.3. The highest BCUT2D eigenvalue weighted by Crippen LogP contribution is 2.40. The van der Waals surface area contributed by atoms with Crippen molar-refractivity contribution >= 4 is 23.4 Å². The van der Waals surface area contributed by atoms with Crippen molar-refractivity contribution in [3.8, 4) is 6.07 Å². The van der Waals surface area contributed by atoms with Gasteiger partial charge in [-0.15, -0.1) is 0 Å². The summed E-state index contributed by atoms with van der Waals surface area (Å²) in [7, 11) is 0. The molecule has 1 aliphatic rings. The summed E-state index contributed by atoms with van der Waals surface area (Å²) in [6.07, 6.45) is 5.09. The second-order valence-corrected chi connectivity index (χ2v) is 7.13. The number of carbonyl (C=O) groups is 1. The fraction of sp³-hybridized carbons (Fsp3) is 0.400. The van der Waals surface area contributed by atoms with Crippen LogP contribution in [-0.2, 0) is 0 Å². The van der Waals surface area contributed by atoms with Gasteiger partial charge in [-0.25, -0.2) is 14.2 Å². The number of pyridine rings is 2. The van der Waals surface area contributed by atoms with Crippen molar-refractivity contribution < 1.29 is 14.3 Å². The van der Waals surface area contributed by atoms with Gasteiger partial charge in [0.2, 0.25) is 0 Å². The lowest BCUT2D eigenvalue weighted by atomic mass is 10.1. The monoisotopic (exact) mass is 398 g/mol. The van der Waals surface area contributed by atoms with Crippen LogP contribution in [0.15, 0.2) is 24.5 Å². The predicted octanol–water partition coefficient (Wildman–Crippen LogP) is 3.95. The molecule has 0 aromatic carbocycles. The maximum atomic E-state index is 14.5. The van der Waals surface area contributed by atoms with Gasteiger partial charge in [0, 0.05) is 12.2 Å². The van der Waals surface area contributed by atoms with E-state index < -0.39 is 24.0 Å². The number of halogens is 1. The van der Waals surface area contributed by atoms with Crippen molar-refractivity contribution in [3.05, 3.63) is 41.5 Å². The maximum Gasteiger partial charge on any atom is 0.404 e. The Morgan fingerprint density at radius 1 is 1.38 bits per heavy atom. The average Bonchev–Trinajstić information content (AvgIpc) is 3.53. The fourth-order valence-electron chi connectivity index (χ4n) is 3.13. The third-order valence-corrected chi connectivity index (χ3v) is 4.88. The van der Waals surface area contributed by atoms with Crippen LogP contribution in [0.4, 0.5) is 26.5 Å². The second kappa shape index (κ2) is 8.73. The van der Waals surface area contributed by atoms with E-state index in [0.29, 0.717) is 18.0 Å². The molecule has 2 aromatic heterocycles. The van der Waals surface area contributed by atoms with Crippen LogP contribution in [0.5, 0.6) is 0 Å². The van der Waals surface area contributed by atoms with E-state index in [0.717, 1.165) is 24.5 Å². The van der Waals surface area contributed by atoms with Gasteiger partial charge in [-0.3, -0.25) is 4.98 Å². The molecule has 0 bridgehead atoms. The molecule has 152 valence electrons. The van der Waals surface area contributed by atoms with E-state index in [1.165, 1.54) is 0 Å². The maximum absolute atomic E-state index is 14.5. The molecule has 0 saturated heterocycles. The topological polar surface area (TPSA) is 123 Å². The minimum absolute atomic E-state index is 0.0593. The van der Waals surface area contributed by atoms with Crippen LogP contribution in [0.2, 0.25) is 0 Å². The number of amides is 1. The van der Waals surface area contributed by atoms with Gasteiger partial charge in [0.15, 0.2) is 17.5 Å². The Morgan fingerprint density at radius 3 is 2.76 bits per heavy atom. The number of anilines is 3. The van der Waals surface area contributed by atoms with Gasteiger partial charge in [-0.05, 0) is 49.8 Å². The van der Waals surface area contributed by atoms with Gasteiger partial charge in [0.1, 0.15) is 6.07 Å². The zero-order chi connectivity index (χ0) is 21.0. The van der Waals surface area contributed by atoms with Crippen LogP contribution < -0.4 is 16.0 Å². The van der Waals surface area contributed by atoms with Crippen molar-refractivity contribution in [2.45, 2.75) is 51.1 Å². The lowest BCUT2D eigenvalue weighted by molar-refractivity contribution is 0.188. The molecule has 1 aliphatic carbocycles. The summed E-state index contributed by atoms with van der Waals surface area (Å²) in [4.78, 5) is 19.4. The molecule has 2 atom stereocenters. The highest BCUT2D eigenvalue weighted by molar-refractivity contribution is 5.66. The normalized spacial score (nSPS) is 15.1. The van der Waals surface area contributed by atoms with Gasteiger partial charge < -0.3 is 21.1 Å². The van der Waals surface area contributed by atoms with Crippen molar-refractivity contribution in [2.75, 3.05) is 10.6 Å². The summed E-state index contributed by atoms with van der Waals surface area (Å²) in [6, 6.07) is 4.16. The molecule has 2 heterocycles. The molecule has 1 saturated carbocycles. The minimum Gasteiger partial charge on any atom is -0.465 e. The third-order valence-electron chi connectivity index (χ3n) is 4.88. The number of nitrogens with one attached hydrogen (secondary N) is 3. The number of carboxylic acid groups (broad SMARTS) is 1. The fourth-order valence-corrected chi connectivity index (χ4v) is 3.13. The van der Waals surface area contributed by atoms with Crippen LogP contribution in [0.1, 0.15) is 50.2 Å². The molecular weight excluding hydrogens is 375 g/mol. The Hall–Kier alpha value is -3.41. The molecule has 1 amide bonds. The van der Waals surface area contributed by atoms with Crippen molar-refractivity contribution in [1.82, 2.24) is 15.3 Å². The van der Waals surface area contributed by atoms with E-state index in [2.05, 4.69) is 25.9 Å². The Balaban J connectivity index is 1.83. The quantitative estimate of drug-likeness (QED) is 0.531. The summed E-state index contributed by atoms with van der Waals surface area (Å²) < 4.78 is 14.5. The zero-order valence-electron chi connectivity index (χ0n) is 16.2. The van der Waals surface area contributed by atoms with Gasteiger partial charge in [-0.2, -0.15) is 5.26 Å². The summed E-state index contributed by atoms with van der Waals surface area (Å²) in [5, 5.41) is 26.7. The summed E-state index contributed by atoms with van der Waals surface area (Å²) in [5.74, 6) is -0.0193. The van der Waals surface area contributed by atoms with E-state index in [-0.39, 0.29) is 17.2 Å². The lowest BCUT2D eigenvalue weighted by Crippen LogP contribution is -2.44. The Labute approximate surface area is 168 Å². The number of hydrogen-bond donors (Lipinski definition) is 4. The van der Waals surface area contributed by atoms with E-state index >= 15 is 0 Å². The minimum atomic E-state index is -1.15. The van der Waals surface area contributed by atoms with Gasteiger partial charge in [-0.1, -0.05) is 6.92 Å². The molecule has 0 radical (unpaired) electrons. The van der Waals surface area contributed by atoms with Crippen molar-refractivity contribution in [1.29, 1.82) is 5.26 Å². The Kier molecular flexibility index (Phi) is 6.12. The van der Waals surface area contributed by atoms with Gasteiger partial charge in [0.05, 0.1) is 23.5 Å². The van der Waals surface area contributed by atoms with E-state index in [1.54, 1.807) is 13.1 Å². The van der Waals surface area contributed by atoms with Crippen LogP contribution in [0, 0.1) is 17.1 Å². The Bertz CT molecular complexity index is 941. The van der Waals surface area contributed by atoms with Crippen LogP contribution in [-0.4, -0.2) is 33.3 Å². The first-order valence-corrected chi connectivity index (χ1v) is 9.49. The molecule has 3 rings (SSSR count). The number of rotatable bonds is 8. The molecule has 2 aromatic rings. The SMILES string of the molecule is CC[C@H](NC(=O)O)[C@@H](C)Nc1nc(Nc2cncc(C3CC3)c2)c(C#N)cc1F. The molecule has 8 nitrogen and oxygen atoms in total. The summed E-state index contributed by atoms with van der Waals surface area (Å²) in [5.41, 5.74) is 1.85. The van der Waals surface area contributed by atoms with Crippen LogP contribution in [0.3, 0.4) is 0 Å². The van der Waals surface area contributed by atoms with Gasteiger partial charge in [0.25, 0.3) is 0 Å². The standard InChI is InChI=1S/C20H23FN6O2/c1-3-17(26-20(28)29)11(2)24-19-16(21)7-13(8-22)18(27-19)25-15-6-14(9-23-10-15)12-4-5-12/h6-7,9-12,17,26H,3-5H2,1-2H3,(H,28,29)(H2,24,25,27)/t11-,17+/m1/s1. The summed E-state index contributed by atoms with van der Waals surface area (Å²) in [6.45, 7) is 3.56. The van der Waals surface area contributed by atoms with E-state index in [4.69, 9.17) is 5.11 Å². The lowest BCUT2D eigenvalue weighted by Gasteiger charge is -2.24. The highest BCUT2D eigenvalue weighted by atomic mass is 19.1. The second-order valence-electron chi connectivity index (χ2n) is 7.13. The van der Waals surface area contributed by atoms with E-state index in [9.17, 15) is 14.4 Å². The van der Waals surface area contributed by atoms with Crippen molar-refractivity contribution in [2.24, 2.45) is 0 Å².